The molecule has 1 aliphatic carbocycles. The predicted molar refractivity (Wildman–Crippen MR) is 114 cm³/mol. The van der Waals surface area contributed by atoms with Crippen LogP contribution < -0.4 is 5.32 Å². The minimum Gasteiger partial charge on any atom is -0.463 e. The highest BCUT2D eigenvalue weighted by atomic mass is 16.3. The van der Waals surface area contributed by atoms with Gasteiger partial charge in [0, 0.05) is 24.7 Å². The quantitative estimate of drug-likeness (QED) is 0.711. The number of nitrogens with one attached hydrogen (secondary N) is 1. The predicted octanol–water partition coefficient (Wildman–Crippen LogP) is 4.10. The minimum atomic E-state index is -0.986. The number of furan rings is 1. The maximum atomic E-state index is 13.6. The van der Waals surface area contributed by atoms with E-state index in [9.17, 15) is 9.59 Å². The maximum absolute atomic E-state index is 13.6. The summed E-state index contributed by atoms with van der Waals surface area (Å²) in [5, 5.41) is 3.26. The van der Waals surface area contributed by atoms with Crippen molar-refractivity contribution in [3.8, 4) is 0 Å². The molecule has 30 heavy (non-hydrogen) atoms. The summed E-state index contributed by atoms with van der Waals surface area (Å²) in [4.78, 5) is 28.9. The summed E-state index contributed by atoms with van der Waals surface area (Å²) < 4.78 is 7.46. The van der Waals surface area contributed by atoms with Gasteiger partial charge in [-0.2, -0.15) is 0 Å². The molecule has 6 nitrogen and oxygen atoms in total. The van der Waals surface area contributed by atoms with E-state index in [1.165, 1.54) is 6.42 Å². The molecule has 2 amide bonds. The van der Waals surface area contributed by atoms with Crippen LogP contribution in [0.5, 0.6) is 0 Å². The summed E-state index contributed by atoms with van der Waals surface area (Å²) in [5.74, 6) is -0.215. The maximum Gasteiger partial charge on any atom is 0.271 e. The number of carbonyl (C=O) groups excluding carboxylic acids is 2. The Bertz CT molecular complexity index is 1080. The molecule has 1 unspecified atom stereocenters. The van der Waals surface area contributed by atoms with Gasteiger partial charge in [0.2, 0.25) is 5.91 Å². The van der Waals surface area contributed by atoms with Gasteiger partial charge < -0.3 is 19.2 Å². The number of nitrogens with zero attached hydrogens (tertiary/aromatic N) is 2. The molecule has 0 spiro atoms. The first-order valence-electron chi connectivity index (χ1n) is 10.8. The molecule has 2 aliphatic rings. The second-order valence-corrected chi connectivity index (χ2v) is 8.74. The molecular formula is C24H27N3O3. The van der Waals surface area contributed by atoms with Gasteiger partial charge in [-0.1, -0.05) is 49.6 Å². The van der Waals surface area contributed by atoms with Crippen LogP contribution in [0.15, 0.2) is 53.1 Å². The van der Waals surface area contributed by atoms with E-state index in [0.29, 0.717) is 24.4 Å². The molecule has 0 bridgehead atoms. The molecule has 156 valence electrons. The van der Waals surface area contributed by atoms with E-state index in [-0.39, 0.29) is 17.9 Å². The van der Waals surface area contributed by atoms with Gasteiger partial charge in [0.05, 0.1) is 18.3 Å². The Morgan fingerprint density at radius 1 is 1.17 bits per heavy atom. The molecule has 1 saturated carbocycles. The Labute approximate surface area is 175 Å². The van der Waals surface area contributed by atoms with Gasteiger partial charge in [-0.25, -0.2) is 0 Å². The van der Waals surface area contributed by atoms with E-state index in [1.807, 2.05) is 47.9 Å². The van der Waals surface area contributed by atoms with Crippen molar-refractivity contribution < 1.29 is 14.0 Å². The van der Waals surface area contributed by atoms with Crippen LogP contribution in [-0.2, 0) is 17.9 Å². The molecule has 3 aromatic rings. The van der Waals surface area contributed by atoms with E-state index in [0.717, 1.165) is 36.8 Å². The zero-order valence-electron chi connectivity index (χ0n) is 17.3. The van der Waals surface area contributed by atoms with Crippen LogP contribution in [0.4, 0.5) is 0 Å². The van der Waals surface area contributed by atoms with Crippen molar-refractivity contribution >= 4 is 22.9 Å². The summed E-state index contributed by atoms with van der Waals surface area (Å²) >= 11 is 0. The fourth-order valence-electron chi connectivity index (χ4n) is 4.87. The van der Waals surface area contributed by atoms with Gasteiger partial charge in [0.1, 0.15) is 11.2 Å². The zero-order chi connectivity index (χ0) is 20.7. The van der Waals surface area contributed by atoms with Crippen molar-refractivity contribution in [1.82, 2.24) is 14.8 Å². The number of aromatic nitrogens is 1. The van der Waals surface area contributed by atoms with Gasteiger partial charge in [-0.3, -0.25) is 9.59 Å². The molecule has 1 aliphatic heterocycles. The first-order chi connectivity index (χ1) is 14.6. The summed E-state index contributed by atoms with van der Waals surface area (Å²) in [6.45, 7) is 2.68. The lowest BCUT2D eigenvalue weighted by atomic mass is 9.91. The number of carbonyl (C=O) groups is 2. The van der Waals surface area contributed by atoms with Crippen LogP contribution in [0, 0.1) is 0 Å². The molecule has 1 fully saturated rings. The molecule has 5 rings (SSSR count). The molecular weight excluding hydrogens is 378 g/mol. The molecule has 1 N–H and O–H groups in total. The van der Waals surface area contributed by atoms with Crippen molar-refractivity contribution in [2.75, 3.05) is 0 Å². The Morgan fingerprint density at radius 2 is 1.93 bits per heavy atom. The van der Waals surface area contributed by atoms with Gasteiger partial charge in [-0.05, 0) is 25.3 Å². The van der Waals surface area contributed by atoms with Crippen LogP contribution in [0.1, 0.15) is 55.1 Å². The molecule has 1 atom stereocenters. The largest absolute Gasteiger partial charge is 0.463 e. The minimum absolute atomic E-state index is 0.0744. The lowest BCUT2D eigenvalue weighted by Crippen LogP contribution is -2.64. The zero-order valence-corrected chi connectivity index (χ0v) is 17.3. The summed E-state index contributed by atoms with van der Waals surface area (Å²) in [6, 6.07) is 13.7. The van der Waals surface area contributed by atoms with Crippen molar-refractivity contribution in [1.29, 1.82) is 0 Å². The third-order valence-electron chi connectivity index (χ3n) is 6.66. The Balaban J connectivity index is 1.53. The van der Waals surface area contributed by atoms with Crippen molar-refractivity contribution in [3.05, 3.63) is 60.0 Å². The summed E-state index contributed by atoms with van der Waals surface area (Å²) in [6.07, 6.45) is 7.16. The lowest BCUT2D eigenvalue weighted by molar-refractivity contribution is -0.134. The number of hydrogen-bond acceptors (Lipinski definition) is 3. The highest BCUT2D eigenvalue weighted by Gasteiger charge is 2.48. The average Bonchev–Trinajstić information content (AvgIpc) is 3.35. The number of rotatable bonds is 4. The Hall–Kier alpha value is -3.02. The van der Waals surface area contributed by atoms with Crippen molar-refractivity contribution in [2.45, 2.75) is 63.7 Å². The molecule has 0 radical (unpaired) electrons. The molecule has 6 heteroatoms. The third kappa shape index (κ3) is 3.11. The molecule has 3 heterocycles. The smallest absolute Gasteiger partial charge is 0.271 e. The average molecular weight is 405 g/mol. The van der Waals surface area contributed by atoms with E-state index >= 15 is 0 Å². The number of fused-ring (bicyclic) bond motifs is 3. The topological polar surface area (TPSA) is 67.5 Å². The van der Waals surface area contributed by atoms with Crippen LogP contribution in [-0.4, -0.2) is 32.9 Å². The lowest BCUT2D eigenvalue weighted by Gasteiger charge is -2.44. The monoisotopic (exact) mass is 405 g/mol. The van der Waals surface area contributed by atoms with Crippen LogP contribution in [0.25, 0.3) is 11.1 Å². The highest BCUT2D eigenvalue weighted by Crippen LogP contribution is 2.34. The standard InChI is InChI=1S/C24H27N3O3/c1-24(23(29)25-18-10-6-3-7-11-18)16-26-19-12-13-30-21(19)14-20(26)22(28)27(24)15-17-8-4-2-5-9-17/h2,4-5,8-9,12-14,18H,3,6-7,10-11,15-16H2,1H3,(H,25,29). The van der Waals surface area contributed by atoms with E-state index < -0.39 is 5.54 Å². The highest BCUT2D eigenvalue weighted by molar-refractivity contribution is 6.02. The van der Waals surface area contributed by atoms with E-state index in [2.05, 4.69) is 5.32 Å². The van der Waals surface area contributed by atoms with Crippen LogP contribution in [0.3, 0.4) is 0 Å². The number of benzene rings is 1. The molecule has 0 saturated heterocycles. The summed E-state index contributed by atoms with van der Waals surface area (Å²) in [7, 11) is 0. The SMILES string of the molecule is CC1(C(=O)NC2CCCCC2)Cn2c(cc3occc32)C(=O)N1Cc1ccccc1. The second kappa shape index (κ2) is 7.35. The third-order valence-corrected chi connectivity index (χ3v) is 6.66. The molecule has 1 aromatic carbocycles. The van der Waals surface area contributed by atoms with Crippen molar-refractivity contribution in [3.63, 3.8) is 0 Å². The fraction of sp³-hybridized carbons (Fsp3) is 0.417. The van der Waals surface area contributed by atoms with Gasteiger partial charge in [0.15, 0.2) is 5.58 Å². The Kier molecular flexibility index (Phi) is 4.65. The van der Waals surface area contributed by atoms with E-state index in [4.69, 9.17) is 4.42 Å². The van der Waals surface area contributed by atoms with Crippen molar-refractivity contribution in [2.24, 2.45) is 0 Å². The molecule has 2 aromatic heterocycles. The van der Waals surface area contributed by atoms with Crippen LogP contribution in [0.2, 0.25) is 0 Å². The number of hydrogen-bond donors (Lipinski definition) is 1. The second-order valence-electron chi connectivity index (χ2n) is 8.74. The fourth-order valence-corrected chi connectivity index (χ4v) is 4.87. The first-order valence-corrected chi connectivity index (χ1v) is 10.8. The summed E-state index contributed by atoms with van der Waals surface area (Å²) in [5.41, 5.74) is 2.12. The van der Waals surface area contributed by atoms with E-state index in [1.54, 1.807) is 17.2 Å². The normalized spacial score (nSPS) is 22.3. The Morgan fingerprint density at radius 3 is 2.70 bits per heavy atom. The number of amides is 2. The first kappa shape index (κ1) is 19.0. The van der Waals surface area contributed by atoms with Gasteiger partial charge in [-0.15, -0.1) is 0 Å². The van der Waals surface area contributed by atoms with Crippen LogP contribution >= 0.6 is 0 Å². The van der Waals surface area contributed by atoms with Gasteiger partial charge >= 0.3 is 0 Å². The van der Waals surface area contributed by atoms with Gasteiger partial charge in [0.25, 0.3) is 5.91 Å².